The lowest BCUT2D eigenvalue weighted by atomic mass is 10.2. The maximum atomic E-state index is 6.11. The van der Waals surface area contributed by atoms with Crippen molar-refractivity contribution in [2.24, 2.45) is 12.0 Å². The van der Waals surface area contributed by atoms with E-state index in [0.29, 0.717) is 6.54 Å². The standard InChI is InChI=1S/C18H25ClN6/c1-3-20-18(21-12-15-13-22-23(2)14-15)25-9-7-24(8-10-25)17-6-4-5-16(19)11-17/h4-6,11,13-14H,3,7-10,12H2,1-2H3,(H,20,21). The molecule has 0 spiro atoms. The average Bonchev–Trinajstić information content (AvgIpc) is 3.04. The molecular formula is C18H25ClN6. The topological polar surface area (TPSA) is 48.7 Å². The number of hydrogen-bond donors (Lipinski definition) is 1. The van der Waals surface area contributed by atoms with Gasteiger partial charge in [0, 0.05) is 62.2 Å². The van der Waals surface area contributed by atoms with Gasteiger partial charge in [-0.15, -0.1) is 0 Å². The van der Waals surface area contributed by atoms with Crippen molar-refractivity contribution >= 4 is 23.2 Å². The number of anilines is 1. The molecule has 1 aromatic carbocycles. The van der Waals surface area contributed by atoms with Crippen LogP contribution >= 0.6 is 11.6 Å². The number of aryl methyl sites for hydroxylation is 1. The van der Waals surface area contributed by atoms with E-state index in [-0.39, 0.29) is 0 Å². The van der Waals surface area contributed by atoms with Crippen molar-refractivity contribution in [2.75, 3.05) is 37.6 Å². The number of benzene rings is 1. The number of halogens is 1. The van der Waals surface area contributed by atoms with Gasteiger partial charge >= 0.3 is 0 Å². The summed E-state index contributed by atoms with van der Waals surface area (Å²) in [6.45, 7) is 7.39. The van der Waals surface area contributed by atoms with Gasteiger partial charge in [0.1, 0.15) is 0 Å². The van der Waals surface area contributed by atoms with Crippen molar-refractivity contribution in [2.45, 2.75) is 13.5 Å². The van der Waals surface area contributed by atoms with E-state index in [1.165, 1.54) is 5.69 Å². The minimum absolute atomic E-state index is 0.644. The van der Waals surface area contributed by atoms with Crippen LogP contribution in [-0.2, 0) is 13.6 Å². The highest BCUT2D eigenvalue weighted by Crippen LogP contribution is 2.20. The summed E-state index contributed by atoms with van der Waals surface area (Å²) in [7, 11) is 1.92. The first kappa shape index (κ1) is 17.6. The number of nitrogens with one attached hydrogen (secondary N) is 1. The Morgan fingerprint density at radius 2 is 2.08 bits per heavy atom. The minimum Gasteiger partial charge on any atom is -0.368 e. The summed E-state index contributed by atoms with van der Waals surface area (Å²) in [5.74, 6) is 0.970. The number of aliphatic imine (C=N–C) groups is 1. The molecule has 0 saturated carbocycles. The molecule has 2 aromatic rings. The minimum atomic E-state index is 0.644. The molecule has 1 aliphatic rings. The Balaban J connectivity index is 1.62. The monoisotopic (exact) mass is 360 g/mol. The molecule has 1 saturated heterocycles. The predicted octanol–water partition coefficient (Wildman–Crippen LogP) is 2.36. The Labute approximate surface area is 154 Å². The summed E-state index contributed by atoms with van der Waals surface area (Å²) < 4.78 is 1.81. The third-order valence-electron chi connectivity index (χ3n) is 4.26. The van der Waals surface area contributed by atoms with E-state index in [2.05, 4.69) is 33.2 Å². The molecule has 1 aliphatic heterocycles. The lowest BCUT2D eigenvalue weighted by Crippen LogP contribution is -2.52. The van der Waals surface area contributed by atoms with Crippen LogP contribution in [-0.4, -0.2) is 53.4 Å². The molecule has 0 aliphatic carbocycles. The fraction of sp³-hybridized carbons (Fsp3) is 0.444. The number of rotatable bonds is 4. The Bertz CT molecular complexity index is 718. The molecular weight excluding hydrogens is 336 g/mol. The van der Waals surface area contributed by atoms with Crippen LogP contribution in [0.25, 0.3) is 0 Å². The molecule has 0 bridgehead atoms. The normalized spacial score (nSPS) is 15.6. The molecule has 3 rings (SSSR count). The van der Waals surface area contributed by atoms with Gasteiger partial charge in [-0.3, -0.25) is 4.68 Å². The van der Waals surface area contributed by atoms with Crippen LogP contribution in [0, 0.1) is 0 Å². The van der Waals surface area contributed by atoms with E-state index in [0.717, 1.165) is 49.3 Å². The number of nitrogens with zero attached hydrogens (tertiary/aromatic N) is 5. The summed E-state index contributed by atoms with van der Waals surface area (Å²) in [6, 6.07) is 8.06. The van der Waals surface area contributed by atoms with Crippen LogP contribution in [0.3, 0.4) is 0 Å². The zero-order valence-corrected chi connectivity index (χ0v) is 15.6. The van der Waals surface area contributed by atoms with Gasteiger partial charge in [-0.1, -0.05) is 17.7 Å². The van der Waals surface area contributed by atoms with Crippen LogP contribution in [0.1, 0.15) is 12.5 Å². The van der Waals surface area contributed by atoms with Crippen molar-refractivity contribution in [3.63, 3.8) is 0 Å². The predicted molar refractivity (Wildman–Crippen MR) is 103 cm³/mol. The quantitative estimate of drug-likeness (QED) is 0.671. The first-order valence-corrected chi connectivity index (χ1v) is 9.05. The maximum absolute atomic E-state index is 6.11. The Morgan fingerprint density at radius 1 is 1.28 bits per heavy atom. The smallest absolute Gasteiger partial charge is 0.194 e. The second-order valence-corrected chi connectivity index (χ2v) is 6.58. The fourth-order valence-corrected chi connectivity index (χ4v) is 3.18. The zero-order chi connectivity index (χ0) is 17.6. The molecule has 6 nitrogen and oxygen atoms in total. The van der Waals surface area contributed by atoms with E-state index in [1.54, 1.807) is 0 Å². The summed E-state index contributed by atoms with van der Waals surface area (Å²) in [6.07, 6.45) is 3.87. The van der Waals surface area contributed by atoms with Gasteiger partial charge in [-0.05, 0) is 25.1 Å². The maximum Gasteiger partial charge on any atom is 0.194 e. The molecule has 7 heteroatoms. The Kier molecular flexibility index (Phi) is 5.81. The molecule has 1 fully saturated rings. The summed E-state index contributed by atoms with van der Waals surface area (Å²) in [4.78, 5) is 9.46. The number of piperazine rings is 1. The summed E-state index contributed by atoms with van der Waals surface area (Å²) >= 11 is 6.11. The summed E-state index contributed by atoms with van der Waals surface area (Å²) in [5.41, 5.74) is 2.31. The van der Waals surface area contributed by atoms with Gasteiger partial charge in [0.25, 0.3) is 0 Å². The van der Waals surface area contributed by atoms with Gasteiger partial charge in [0.05, 0.1) is 12.7 Å². The largest absolute Gasteiger partial charge is 0.368 e. The third-order valence-corrected chi connectivity index (χ3v) is 4.49. The number of hydrogen-bond acceptors (Lipinski definition) is 3. The van der Waals surface area contributed by atoms with Gasteiger partial charge in [-0.25, -0.2) is 4.99 Å². The van der Waals surface area contributed by atoms with E-state index >= 15 is 0 Å². The third kappa shape index (κ3) is 4.66. The van der Waals surface area contributed by atoms with Crippen LogP contribution in [0.5, 0.6) is 0 Å². The lowest BCUT2D eigenvalue weighted by molar-refractivity contribution is 0.372. The van der Waals surface area contributed by atoms with E-state index < -0.39 is 0 Å². The molecule has 0 amide bonds. The number of guanidine groups is 1. The summed E-state index contributed by atoms with van der Waals surface area (Å²) in [5, 5.41) is 8.39. The van der Waals surface area contributed by atoms with Crippen molar-refractivity contribution in [3.05, 3.63) is 47.2 Å². The molecule has 1 N–H and O–H groups in total. The van der Waals surface area contributed by atoms with E-state index in [4.69, 9.17) is 16.6 Å². The highest BCUT2D eigenvalue weighted by atomic mass is 35.5. The Hall–Kier alpha value is -2.21. The van der Waals surface area contributed by atoms with Gasteiger partial charge in [-0.2, -0.15) is 5.10 Å². The van der Waals surface area contributed by atoms with Crippen LogP contribution in [0.2, 0.25) is 5.02 Å². The molecule has 134 valence electrons. The van der Waals surface area contributed by atoms with E-state index in [9.17, 15) is 0 Å². The zero-order valence-electron chi connectivity index (χ0n) is 14.8. The molecule has 0 radical (unpaired) electrons. The fourth-order valence-electron chi connectivity index (χ4n) is 2.99. The SMILES string of the molecule is CCNC(=NCc1cnn(C)c1)N1CCN(c2cccc(Cl)c2)CC1. The van der Waals surface area contributed by atoms with Crippen molar-refractivity contribution in [3.8, 4) is 0 Å². The highest BCUT2D eigenvalue weighted by molar-refractivity contribution is 6.30. The van der Waals surface area contributed by atoms with Gasteiger partial charge < -0.3 is 15.1 Å². The molecule has 2 heterocycles. The van der Waals surface area contributed by atoms with Gasteiger partial charge in [0.2, 0.25) is 0 Å². The highest BCUT2D eigenvalue weighted by Gasteiger charge is 2.20. The number of aromatic nitrogens is 2. The van der Waals surface area contributed by atoms with Crippen LogP contribution in [0.15, 0.2) is 41.7 Å². The molecule has 1 aromatic heterocycles. The van der Waals surface area contributed by atoms with Crippen molar-refractivity contribution in [1.82, 2.24) is 20.0 Å². The molecule has 0 atom stereocenters. The van der Waals surface area contributed by atoms with Crippen LogP contribution < -0.4 is 10.2 Å². The van der Waals surface area contributed by atoms with Crippen molar-refractivity contribution in [1.29, 1.82) is 0 Å². The van der Waals surface area contributed by atoms with Crippen LogP contribution in [0.4, 0.5) is 5.69 Å². The second kappa shape index (κ2) is 8.25. The van der Waals surface area contributed by atoms with Crippen molar-refractivity contribution < 1.29 is 0 Å². The first-order chi connectivity index (χ1) is 12.2. The molecule has 0 unspecified atom stereocenters. The van der Waals surface area contributed by atoms with E-state index in [1.807, 2.05) is 42.3 Å². The first-order valence-electron chi connectivity index (χ1n) is 8.67. The van der Waals surface area contributed by atoms with Gasteiger partial charge in [0.15, 0.2) is 5.96 Å². The molecule has 25 heavy (non-hydrogen) atoms. The Morgan fingerprint density at radius 3 is 2.72 bits per heavy atom. The second-order valence-electron chi connectivity index (χ2n) is 6.15. The lowest BCUT2D eigenvalue weighted by Gasteiger charge is -2.37. The average molecular weight is 361 g/mol.